The van der Waals surface area contributed by atoms with Crippen molar-refractivity contribution < 1.29 is 23.9 Å². The highest BCUT2D eigenvalue weighted by Crippen LogP contribution is 2.20. The van der Waals surface area contributed by atoms with E-state index in [0.717, 1.165) is 0 Å². The second-order valence-electron chi connectivity index (χ2n) is 5.13. The van der Waals surface area contributed by atoms with Gasteiger partial charge in [0.15, 0.2) is 0 Å². The summed E-state index contributed by atoms with van der Waals surface area (Å²) in [5.74, 6) is -2.54. The van der Waals surface area contributed by atoms with Gasteiger partial charge in [0.25, 0.3) is 0 Å². The molecule has 0 aliphatic rings. The minimum atomic E-state index is -0.910. The lowest BCUT2D eigenvalue weighted by atomic mass is 10.1. The predicted octanol–water partition coefficient (Wildman–Crippen LogP) is 2.60. The molecule has 0 atom stereocenters. The van der Waals surface area contributed by atoms with Crippen LogP contribution in [0.15, 0.2) is 48.5 Å². The Labute approximate surface area is 144 Å². The van der Waals surface area contributed by atoms with Crippen LogP contribution in [0.1, 0.15) is 34.6 Å². The number of para-hydroxylation sites is 2. The minimum absolute atomic E-state index is 0.0445. The van der Waals surface area contributed by atoms with Crippen molar-refractivity contribution in [1.82, 2.24) is 0 Å². The van der Waals surface area contributed by atoms with E-state index >= 15 is 0 Å². The Morgan fingerprint density at radius 2 is 1.04 bits per heavy atom. The van der Waals surface area contributed by atoms with Crippen LogP contribution < -0.4 is 10.6 Å². The lowest BCUT2D eigenvalue weighted by molar-refractivity contribution is -0.115. The molecule has 0 radical (unpaired) electrons. The number of amides is 2. The Balaban J connectivity index is 2.23. The van der Waals surface area contributed by atoms with Crippen LogP contribution in [-0.2, 0) is 14.3 Å². The van der Waals surface area contributed by atoms with E-state index < -0.39 is 11.9 Å². The van der Waals surface area contributed by atoms with Crippen molar-refractivity contribution in [2.45, 2.75) is 13.8 Å². The monoisotopic (exact) mass is 340 g/mol. The lowest BCUT2D eigenvalue weighted by Gasteiger charge is -2.11. The van der Waals surface area contributed by atoms with Crippen molar-refractivity contribution in [3.05, 3.63) is 59.7 Å². The van der Waals surface area contributed by atoms with Crippen molar-refractivity contribution >= 4 is 35.1 Å². The molecule has 0 heterocycles. The summed E-state index contributed by atoms with van der Waals surface area (Å²) >= 11 is 0. The normalized spacial score (nSPS) is 9.84. The van der Waals surface area contributed by atoms with Gasteiger partial charge < -0.3 is 15.4 Å². The smallest absolute Gasteiger partial charge is 0.348 e. The first-order valence-corrected chi connectivity index (χ1v) is 7.38. The van der Waals surface area contributed by atoms with Gasteiger partial charge in [-0.05, 0) is 24.3 Å². The molecule has 128 valence electrons. The van der Waals surface area contributed by atoms with E-state index in [1.807, 2.05) is 0 Å². The molecule has 2 amide bonds. The Morgan fingerprint density at radius 3 is 1.40 bits per heavy atom. The Morgan fingerprint density at radius 1 is 0.680 bits per heavy atom. The van der Waals surface area contributed by atoms with Gasteiger partial charge in [0.2, 0.25) is 11.8 Å². The van der Waals surface area contributed by atoms with Gasteiger partial charge in [-0.25, -0.2) is 9.59 Å². The third-order valence-corrected chi connectivity index (χ3v) is 3.10. The standard InChI is InChI=1S/C18H16N2O5/c1-11(21)19-15-9-5-3-7-13(15)17(23)25-18(24)14-8-4-6-10-16(14)20-12(2)22/h3-10H,1-2H3,(H,19,21)(H,20,22). The van der Waals surface area contributed by atoms with Gasteiger partial charge in [0.05, 0.1) is 22.5 Å². The van der Waals surface area contributed by atoms with E-state index in [0.29, 0.717) is 0 Å². The van der Waals surface area contributed by atoms with Crippen molar-refractivity contribution in [2.24, 2.45) is 0 Å². The molecule has 25 heavy (non-hydrogen) atoms. The van der Waals surface area contributed by atoms with Gasteiger partial charge in [-0.15, -0.1) is 0 Å². The maximum absolute atomic E-state index is 12.3. The molecule has 7 nitrogen and oxygen atoms in total. The molecular formula is C18H16N2O5. The van der Waals surface area contributed by atoms with Crippen molar-refractivity contribution in [3.63, 3.8) is 0 Å². The number of esters is 2. The number of hydrogen-bond donors (Lipinski definition) is 2. The molecule has 0 aliphatic carbocycles. The van der Waals surface area contributed by atoms with E-state index in [9.17, 15) is 19.2 Å². The molecule has 0 spiro atoms. The molecule has 2 aromatic carbocycles. The van der Waals surface area contributed by atoms with Crippen LogP contribution in [0.2, 0.25) is 0 Å². The highest BCUT2D eigenvalue weighted by molar-refractivity contribution is 6.09. The number of rotatable bonds is 4. The fourth-order valence-corrected chi connectivity index (χ4v) is 2.11. The second kappa shape index (κ2) is 7.87. The topological polar surface area (TPSA) is 102 Å². The van der Waals surface area contributed by atoms with Gasteiger partial charge in [-0.1, -0.05) is 24.3 Å². The molecule has 0 bridgehead atoms. The van der Waals surface area contributed by atoms with Crippen molar-refractivity contribution in [1.29, 1.82) is 0 Å². The van der Waals surface area contributed by atoms with Crippen LogP contribution in [-0.4, -0.2) is 23.8 Å². The number of carbonyl (C=O) groups excluding carboxylic acids is 4. The van der Waals surface area contributed by atoms with Crippen LogP contribution >= 0.6 is 0 Å². The predicted molar refractivity (Wildman–Crippen MR) is 91.2 cm³/mol. The largest absolute Gasteiger partial charge is 0.386 e. The van der Waals surface area contributed by atoms with Crippen LogP contribution in [0.4, 0.5) is 11.4 Å². The maximum atomic E-state index is 12.3. The third kappa shape index (κ3) is 4.74. The zero-order valence-corrected chi connectivity index (χ0v) is 13.7. The van der Waals surface area contributed by atoms with Gasteiger partial charge in [0, 0.05) is 13.8 Å². The molecule has 2 aromatic rings. The van der Waals surface area contributed by atoms with Gasteiger partial charge in [-0.3, -0.25) is 9.59 Å². The lowest BCUT2D eigenvalue weighted by Crippen LogP contribution is -2.18. The molecule has 0 aromatic heterocycles. The molecule has 0 fully saturated rings. The first-order valence-electron chi connectivity index (χ1n) is 7.38. The summed E-state index contributed by atoms with van der Waals surface area (Å²) < 4.78 is 4.89. The van der Waals surface area contributed by atoms with Gasteiger partial charge in [-0.2, -0.15) is 0 Å². The van der Waals surface area contributed by atoms with E-state index in [1.54, 1.807) is 24.3 Å². The number of benzene rings is 2. The summed E-state index contributed by atoms with van der Waals surface area (Å²) in [6.07, 6.45) is 0. The average molecular weight is 340 g/mol. The molecule has 0 aliphatic heterocycles. The van der Waals surface area contributed by atoms with Crippen LogP contribution in [0.5, 0.6) is 0 Å². The van der Waals surface area contributed by atoms with E-state index in [1.165, 1.54) is 38.1 Å². The Hall–Kier alpha value is -3.48. The highest BCUT2D eigenvalue weighted by Gasteiger charge is 2.20. The fourth-order valence-electron chi connectivity index (χ4n) is 2.11. The Bertz CT molecular complexity index is 775. The highest BCUT2D eigenvalue weighted by atomic mass is 16.6. The quantitative estimate of drug-likeness (QED) is 0.658. The van der Waals surface area contributed by atoms with Crippen LogP contribution in [0.25, 0.3) is 0 Å². The van der Waals surface area contributed by atoms with Crippen molar-refractivity contribution in [3.8, 4) is 0 Å². The Kier molecular flexibility index (Phi) is 5.62. The summed E-state index contributed by atoms with van der Waals surface area (Å²) in [5, 5.41) is 4.99. The first kappa shape index (κ1) is 17.9. The number of hydrogen-bond acceptors (Lipinski definition) is 5. The summed E-state index contributed by atoms with van der Waals surface area (Å²) in [5.41, 5.74) is 0.567. The number of ether oxygens (including phenoxy) is 1. The zero-order chi connectivity index (χ0) is 18.4. The number of anilines is 2. The average Bonchev–Trinajstić information content (AvgIpc) is 2.54. The summed E-state index contributed by atoms with van der Waals surface area (Å²) in [6, 6.07) is 12.3. The van der Waals surface area contributed by atoms with E-state index in [4.69, 9.17) is 4.74 Å². The van der Waals surface area contributed by atoms with Gasteiger partial charge >= 0.3 is 11.9 Å². The number of nitrogens with one attached hydrogen (secondary N) is 2. The molecule has 0 saturated carbocycles. The van der Waals surface area contributed by atoms with Gasteiger partial charge in [0.1, 0.15) is 0 Å². The summed E-state index contributed by atoms with van der Waals surface area (Å²) in [6.45, 7) is 2.61. The molecule has 0 saturated heterocycles. The van der Waals surface area contributed by atoms with Crippen LogP contribution in [0, 0.1) is 0 Å². The molecule has 2 N–H and O–H groups in total. The molecule has 0 unspecified atom stereocenters. The van der Waals surface area contributed by atoms with Crippen molar-refractivity contribution in [2.75, 3.05) is 10.6 Å². The van der Waals surface area contributed by atoms with E-state index in [2.05, 4.69) is 10.6 Å². The molecule has 2 rings (SSSR count). The van der Waals surface area contributed by atoms with E-state index in [-0.39, 0.29) is 34.3 Å². The third-order valence-electron chi connectivity index (χ3n) is 3.10. The minimum Gasteiger partial charge on any atom is -0.386 e. The zero-order valence-electron chi connectivity index (χ0n) is 13.7. The molecule has 7 heteroatoms. The second-order valence-corrected chi connectivity index (χ2v) is 5.13. The van der Waals surface area contributed by atoms with Crippen LogP contribution in [0.3, 0.4) is 0 Å². The SMILES string of the molecule is CC(=O)Nc1ccccc1C(=O)OC(=O)c1ccccc1NC(C)=O. The number of carbonyl (C=O) groups is 4. The summed E-state index contributed by atoms with van der Waals surface area (Å²) in [4.78, 5) is 47.0. The molecular weight excluding hydrogens is 324 g/mol. The fraction of sp³-hybridized carbons (Fsp3) is 0.111. The summed E-state index contributed by atoms with van der Waals surface area (Å²) in [7, 11) is 0. The maximum Gasteiger partial charge on any atom is 0.348 e. The first-order chi connectivity index (χ1) is 11.9.